The van der Waals surface area contributed by atoms with Gasteiger partial charge in [-0.1, -0.05) is 27.7 Å². The van der Waals surface area contributed by atoms with E-state index in [-0.39, 0.29) is 23.8 Å². The first-order valence-corrected chi connectivity index (χ1v) is 11.2. The molecule has 1 heterocycles. The molecule has 0 aromatic carbocycles. The van der Waals surface area contributed by atoms with Crippen molar-refractivity contribution in [1.29, 1.82) is 0 Å². The predicted molar refractivity (Wildman–Crippen MR) is 117 cm³/mol. The number of carboxylic acids is 1. The van der Waals surface area contributed by atoms with Gasteiger partial charge in [-0.05, 0) is 57.0 Å². The number of unbranched alkanes of at least 4 members (excludes halogenated alkanes) is 1. The fourth-order valence-electron chi connectivity index (χ4n) is 3.49. The van der Waals surface area contributed by atoms with E-state index >= 15 is 0 Å². The standard InChI is InChI=1S/C21H39N5O5/c1-12(2)16(25-18(27)14-9-7-11-23-14)20(29)24-15(8-5-6-10-22)19(28)26-17(13(3)4)21(30)31/h12-17,23H,5-11,22H2,1-4H3,(H,24,29)(H,25,27)(H,26,28)(H,30,31). The summed E-state index contributed by atoms with van der Waals surface area (Å²) in [6.45, 7) is 8.24. The Balaban J connectivity index is 2.88. The van der Waals surface area contributed by atoms with E-state index in [4.69, 9.17) is 5.73 Å². The first-order chi connectivity index (χ1) is 14.6. The molecule has 31 heavy (non-hydrogen) atoms. The summed E-state index contributed by atoms with van der Waals surface area (Å²) in [5, 5.41) is 20.5. The summed E-state index contributed by atoms with van der Waals surface area (Å²) in [6.07, 6.45) is 3.21. The van der Waals surface area contributed by atoms with Gasteiger partial charge in [0.25, 0.3) is 0 Å². The van der Waals surface area contributed by atoms with Gasteiger partial charge in [-0.2, -0.15) is 0 Å². The molecule has 1 rings (SSSR count). The van der Waals surface area contributed by atoms with Crippen molar-refractivity contribution in [2.75, 3.05) is 13.1 Å². The number of carboxylic acid groups (broad SMARTS) is 1. The molecule has 4 unspecified atom stereocenters. The third-order valence-electron chi connectivity index (χ3n) is 5.43. The first kappa shape index (κ1) is 26.8. The highest BCUT2D eigenvalue weighted by molar-refractivity contribution is 5.94. The minimum atomic E-state index is -1.13. The van der Waals surface area contributed by atoms with Crippen molar-refractivity contribution in [2.24, 2.45) is 17.6 Å². The van der Waals surface area contributed by atoms with Gasteiger partial charge in [0, 0.05) is 0 Å². The van der Waals surface area contributed by atoms with Gasteiger partial charge in [0.1, 0.15) is 18.1 Å². The summed E-state index contributed by atoms with van der Waals surface area (Å²) >= 11 is 0. The molecule has 1 fully saturated rings. The highest BCUT2D eigenvalue weighted by Gasteiger charge is 2.33. The van der Waals surface area contributed by atoms with Gasteiger partial charge >= 0.3 is 5.97 Å². The molecule has 178 valence electrons. The van der Waals surface area contributed by atoms with Crippen molar-refractivity contribution < 1.29 is 24.3 Å². The Hall–Kier alpha value is -2.20. The fraction of sp³-hybridized carbons (Fsp3) is 0.810. The van der Waals surface area contributed by atoms with Crippen molar-refractivity contribution in [3.63, 3.8) is 0 Å². The van der Waals surface area contributed by atoms with Crippen LogP contribution in [0.2, 0.25) is 0 Å². The molecule has 1 saturated heterocycles. The molecule has 0 bridgehead atoms. The maximum atomic E-state index is 13.0. The summed E-state index contributed by atoms with van der Waals surface area (Å²) in [4.78, 5) is 49.7. The van der Waals surface area contributed by atoms with Gasteiger partial charge in [0.15, 0.2) is 0 Å². The summed E-state index contributed by atoms with van der Waals surface area (Å²) in [5.41, 5.74) is 5.54. The average Bonchev–Trinajstić information content (AvgIpc) is 3.23. The number of carbonyl (C=O) groups excluding carboxylic acids is 3. The number of nitrogens with two attached hydrogens (primary N) is 1. The molecule has 0 radical (unpaired) electrons. The monoisotopic (exact) mass is 441 g/mol. The number of aliphatic carboxylic acids is 1. The molecule has 1 aliphatic heterocycles. The second-order valence-corrected chi connectivity index (χ2v) is 8.79. The molecular formula is C21H39N5O5. The van der Waals surface area contributed by atoms with E-state index in [0.29, 0.717) is 32.2 Å². The summed E-state index contributed by atoms with van der Waals surface area (Å²) < 4.78 is 0. The number of carbonyl (C=O) groups is 4. The van der Waals surface area contributed by atoms with Crippen molar-refractivity contribution in [1.82, 2.24) is 21.3 Å². The fourth-order valence-corrected chi connectivity index (χ4v) is 3.49. The second kappa shape index (κ2) is 13.3. The largest absolute Gasteiger partial charge is 0.480 e. The van der Waals surface area contributed by atoms with Crippen LogP contribution in [0.15, 0.2) is 0 Å². The molecule has 10 nitrogen and oxygen atoms in total. The molecule has 4 atom stereocenters. The van der Waals surface area contributed by atoms with E-state index in [9.17, 15) is 24.3 Å². The Bertz CT molecular complexity index is 619. The van der Waals surface area contributed by atoms with Crippen LogP contribution >= 0.6 is 0 Å². The normalized spacial score (nSPS) is 19.0. The van der Waals surface area contributed by atoms with E-state index in [1.165, 1.54) is 0 Å². The summed E-state index contributed by atoms with van der Waals surface area (Å²) in [6, 6.07) is -3.10. The third kappa shape index (κ3) is 8.82. The lowest BCUT2D eigenvalue weighted by molar-refractivity contribution is -0.143. The molecule has 7 N–H and O–H groups in total. The number of amides is 3. The van der Waals surface area contributed by atoms with Crippen molar-refractivity contribution in [3.8, 4) is 0 Å². The average molecular weight is 442 g/mol. The molecule has 0 aromatic heterocycles. The topological polar surface area (TPSA) is 163 Å². The van der Waals surface area contributed by atoms with Crippen molar-refractivity contribution >= 4 is 23.7 Å². The molecule has 0 saturated carbocycles. The lowest BCUT2D eigenvalue weighted by Crippen LogP contribution is -2.58. The van der Waals surface area contributed by atoms with E-state index < -0.39 is 35.9 Å². The Labute approximate surface area is 184 Å². The van der Waals surface area contributed by atoms with Crippen LogP contribution in [-0.2, 0) is 19.2 Å². The quantitative estimate of drug-likeness (QED) is 0.214. The molecule has 3 amide bonds. The molecule has 0 aliphatic carbocycles. The van der Waals surface area contributed by atoms with Gasteiger partial charge in [0.2, 0.25) is 17.7 Å². The van der Waals surface area contributed by atoms with E-state index in [2.05, 4.69) is 21.3 Å². The highest BCUT2D eigenvalue weighted by atomic mass is 16.4. The predicted octanol–water partition coefficient (Wildman–Crippen LogP) is -0.282. The number of nitrogens with one attached hydrogen (secondary N) is 4. The lowest BCUT2D eigenvalue weighted by Gasteiger charge is -2.27. The zero-order chi connectivity index (χ0) is 23.6. The second-order valence-electron chi connectivity index (χ2n) is 8.79. The van der Waals surface area contributed by atoms with Gasteiger partial charge in [-0.15, -0.1) is 0 Å². The van der Waals surface area contributed by atoms with Crippen LogP contribution in [0.4, 0.5) is 0 Å². The maximum Gasteiger partial charge on any atom is 0.326 e. The van der Waals surface area contributed by atoms with Gasteiger partial charge < -0.3 is 32.1 Å². The molecule has 0 spiro atoms. The van der Waals surface area contributed by atoms with Crippen LogP contribution in [-0.4, -0.2) is 66.1 Å². The summed E-state index contributed by atoms with van der Waals surface area (Å²) in [5.74, 6) is -2.90. The van der Waals surface area contributed by atoms with E-state index in [1.807, 2.05) is 13.8 Å². The molecule has 1 aliphatic rings. The third-order valence-corrected chi connectivity index (χ3v) is 5.43. The van der Waals surface area contributed by atoms with Crippen LogP contribution in [0, 0.1) is 11.8 Å². The van der Waals surface area contributed by atoms with Crippen molar-refractivity contribution in [3.05, 3.63) is 0 Å². The number of hydrogen-bond acceptors (Lipinski definition) is 6. The maximum absolute atomic E-state index is 13.0. The highest BCUT2D eigenvalue weighted by Crippen LogP contribution is 2.10. The van der Waals surface area contributed by atoms with E-state index in [0.717, 1.165) is 13.0 Å². The Morgan fingerprint density at radius 1 is 0.968 bits per heavy atom. The molecule has 0 aromatic rings. The molecule has 10 heteroatoms. The van der Waals surface area contributed by atoms with Crippen molar-refractivity contribution in [2.45, 2.75) is 84.0 Å². The van der Waals surface area contributed by atoms with Crippen LogP contribution in [0.3, 0.4) is 0 Å². The van der Waals surface area contributed by atoms with Gasteiger partial charge in [-0.25, -0.2) is 4.79 Å². The Morgan fingerprint density at radius 2 is 1.61 bits per heavy atom. The Morgan fingerprint density at radius 3 is 2.10 bits per heavy atom. The smallest absolute Gasteiger partial charge is 0.326 e. The zero-order valence-corrected chi connectivity index (χ0v) is 19.1. The van der Waals surface area contributed by atoms with Gasteiger partial charge in [-0.3, -0.25) is 14.4 Å². The van der Waals surface area contributed by atoms with Crippen LogP contribution in [0.1, 0.15) is 59.8 Å². The van der Waals surface area contributed by atoms with Crippen LogP contribution in [0.25, 0.3) is 0 Å². The summed E-state index contributed by atoms with van der Waals surface area (Å²) in [7, 11) is 0. The van der Waals surface area contributed by atoms with Crippen LogP contribution < -0.4 is 27.0 Å². The van der Waals surface area contributed by atoms with Crippen LogP contribution in [0.5, 0.6) is 0 Å². The minimum Gasteiger partial charge on any atom is -0.480 e. The number of hydrogen-bond donors (Lipinski definition) is 6. The number of rotatable bonds is 13. The Kier molecular flexibility index (Phi) is 11.5. The SMILES string of the molecule is CC(C)C(NC(=O)C(CCCCN)NC(=O)C(NC(=O)C1CCCN1)C(C)C)C(=O)O. The zero-order valence-electron chi connectivity index (χ0n) is 19.1. The van der Waals surface area contributed by atoms with E-state index in [1.54, 1.807) is 13.8 Å². The first-order valence-electron chi connectivity index (χ1n) is 11.2. The molecular weight excluding hydrogens is 402 g/mol. The minimum absolute atomic E-state index is 0.194. The lowest BCUT2D eigenvalue weighted by atomic mass is 10.00. The van der Waals surface area contributed by atoms with Gasteiger partial charge in [0.05, 0.1) is 6.04 Å².